The van der Waals surface area contributed by atoms with Crippen molar-refractivity contribution in [3.63, 3.8) is 0 Å². The third-order valence-electron chi connectivity index (χ3n) is 5.28. The highest BCUT2D eigenvalue weighted by atomic mass is 32.2. The summed E-state index contributed by atoms with van der Waals surface area (Å²) >= 11 is 1.34. The van der Waals surface area contributed by atoms with Crippen LogP contribution in [-0.4, -0.2) is 37.2 Å². The number of hydrogen-bond donors (Lipinski definition) is 1. The van der Waals surface area contributed by atoms with E-state index in [2.05, 4.69) is 20.5 Å². The molecule has 1 amide bonds. The van der Waals surface area contributed by atoms with Crippen molar-refractivity contribution >= 4 is 29.1 Å². The number of amides is 1. The average Bonchev–Trinajstić information content (AvgIpc) is 3.27. The third-order valence-corrected chi connectivity index (χ3v) is 6.21. The number of nitrogens with one attached hydrogen (secondary N) is 1. The van der Waals surface area contributed by atoms with Gasteiger partial charge in [0.1, 0.15) is 0 Å². The maximum absolute atomic E-state index is 12.9. The topological polar surface area (TPSA) is 89.8 Å². The maximum Gasteiger partial charge on any atom is 0.224 e. The first kappa shape index (κ1) is 24.3. The van der Waals surface area contributed by atoms with Gasteiger partial charge in [0.05, 0.1) is 5.75 Å². The number of carbonyl (C=O) groups is 2. The summed E-state index contributed by atoms with van der Waals surface area (Å²) in [4.78, 5) is 29.0. The molecular weight excluding hydrogens is 458 g/mol. The smallest absolute Gasteiger partial charge is 0.224 e. The predicted molar refractivity (Wildman–Crippen MR) is 139 cm³/mol. The van der Waals surface area contributed by atoms with Crippen molar-refractivity contribution in [1.29, 1.82) is 0 Å². The second kappa shape index (κ2) is 11.1. The normalized spacial score (nSPS) is 11.0. The molecule has 2 aromatic carbocycles. The molecule has 0 saturated heterocycles. The van der Waals surface area contributed by atoms with E-state index in [0.717, 1.165) is 16.8 Å². The minimum atomic E-state index is -0.0323. The van der Waals surface area contributed by atoms with Crippen LogP contribution < -0.4 is 5.32 Å². The van der Waals surface area contributed by atoms with E-state index < -0.39 is 0 Å². The molecule has 0 spiro atoms. The molecule has 35 heavy (non-hydrogen) atoms. The molecule has 0 atom stereocenters. The summed E-state index contributed by atoms with van der Waals surface area (Å²) in [6.45, 7) is 6.03. The zero-order valence-corrected chi connectivity index (χ0v) is 20.7. The monoisotopic (exact) mass is 485 g/mol. The van der Waals surface area contributed by atoms with Gasteiger partial charge < -0.3 is 5.32 Å². The molecule has 2 heterocycles. The number of rotatable bonds is 9. The lowest BCUT2D eigenvalue weighted by Crippen LogP contribution is -2.14. The van der Waals surface area contributed by atoms with Crippen LogP contribution in [0.25, 0.3) is 17.1 Å². The number of benzene rings is 2. The summed E-state index contributed by atoms with van der Waals surface area (Å²) in [6.07, 6.45) is 3.89. The summed E-state index contributed by atoms with van der Waals surface area (Å²) in [5.74, 6) is 1.12. The van der Waals surface area contributed by atoms with Gasteiger partial charge in [-0.25, -0.2) is 0 Å². The quantitative estimate of drug-likeness (QED) is 0.245. The average molecular weight is 486 g/mol. The summed E-state index contributed by atoms with van der Waals surface area (Å²) in [7, 11) is 0. The molecule has 1 N–H and O–H groups in total. The van der Waals surface area contributed by atoms with Gasteiger partial charge in [-0.1, -0.05) is 43.3 Å². The minimum absolute atomic E-state index is 0.0287. The first-order valence-electron chi connectivity index (χ1n) is 11.4. The van der Waals surface area contributed by atoms with Gasteiger partial charge in [-0.15, -0.1) is 10.2 Å². The standard InChI is InChI=1S/C27H27N5O2S/c1-18(2)16-25(34)29-22-8-6-20(7-9-22)24(33)17-35-27-31-30-26(21-12-14-28-15-13-21)32(27)23-10-4-19(3)5-11-23/h4-15,18H,16-17H2,1-3H3,(H,29,34). The Morgan fingerprint density at radius 3 is 2.29 bits per heavy atom. The van der Waals surface area contributed by atoms with Gasteiger partial charge in [-0.3, -0.25) is 19.1 Å². The molecule has 4 rings (SSSR count). The third kappa shape index (κ3) is 6.22. The summed E-state index contributed by atoms with van der Waals surface area (Å²) in [5, 5.41) is 12.3. The van der Waals surface area contributed by atoms with Crippen molar-refractivity contribution in [1.82, 2.24) is 19.7 Å². The van der Waals surface area contributed by atoms with E-state index >= 15 is 0 Å². The molecule has 0 radical (unpaired) electrons. The zero-order chi connectivity index (χ0) is 24.8. The lowest BCUT2D eigenvalue weighted by atomic mass is 10.1. The van der Waals surface area contributed by atoms with E-state index in [9.17, 15) is 9.59 Å². The van der Waals surface area contributed by atoms with E-state index in [1.165, 1.54) is 11.8 Å². The SMILES string of the molecule is Cc1ccc(-n2c(SCC(=O)c3ccc(NC(=O)CC(C)C)cc3)nnc2-c2ccncc2)cc1. The van der Waals surface area contributed by atoms with Gasteiger partial charge in [0.25, 0.3) is 0 Å². The second-order valence-corrected chi connectivity index (χ2v) is 9.59. The van der Waals surface area contributed by atoms with Gasteiger partial charge in [0.15, 0.2) is 16.8 Å². The Morgan fingerprint density at radius 2 is 1.63 bits per heavy atom. The molecule has 178 valence electrons. The van der Waals surface area contributed by atoms with Crippen LogP contribution in [0.1, 0.15) is 36.2 Å². The van der Waals surface area contributed by atoms with Crippen LogP contribution in [0.5, 0.6) is 0 Å². The number of aromatic nitrogens is 4. The molecular formula is C27H27N5O2S. The fraction of sp³-hybridized carbons (Fsp3) is 0.222. The Bertz CT molecular complexity index is 1300. The van der Waals surface area contributed by atoms with E-state index in [1.807, 2.05) is 61.7 Å². The van der Waals surface area contributed by atoms with Gasteiger partial charge in [-0.05, 0) is 61.4 Å². The van der Waals surface area contributed by atoms with Crippen molar-refractivity contribution in [3.05, 3.63) is 84.2 Å². The van der Waals surface area contributed by atoms with Crippen LogP contribution in [0.2, 0.25) is 0 Å². The van der Waals surface area contributed by atoms with E-state index in [4.69, 9.17) is 0 Å². The molecule has 8 heteroatoms. The number of pyridine rings is 1. The molecule has 0 fully saturated rings. The van der Waals surface area contributed by atoms with Crippen LogP contribution in [0.4, 0.5) is 5.69 Å². The van der Waals surface area contributed by atoms with Gasteiger partial charge in [0.2, 0.25) is 5.91 Å². The zero-order valence-electron chi connectivity index (χ0n) is 19.9. The Kier molecular flexibility index (Phi) is 7.72. The Labute approximate surface area is 209 Å². The van der Waals surface area contributed by atoms with Crippen LogP contribution in [0.15, 0.2) is 78.2 Å². The molecule has 0 aliphatic carbocycles. The van der Waals surface area contributed by atoms with Crippen molar-refractivity contribution < 1.29 is 9.59 Å². The van der Waals surface area contributed by atoms with Crippen molar-refractivity contribution in [3.8, 4) is 17.1 Å². The fourth-order valence-electron chi connectivity index (χ4n) is 3.51. The van der Waals surface area contributed by atoms with E-state index in [-0.39, 0.29) is 23.4 Å². The summed E-state index contributed by atoms with van der Waals surface area (Å²) < 4.78 is 1.96. The number of anilines is 1. The van der Waals surface area contributed by atoms with Crippen molar-refractivity contribution in [2.75, 3.05) is 11.1 Å². The maximum atomic E-state index is 12.9. The molecule has 0 aliphatic rings. The van der Waals surface area contributed by atoms with Crippen LogP contribution in [0, 0.1) is 12.8 Å². The number of aryl methyl sites for hydroxylation is 1. The number of ketones is 1. The lowest BCUT2D eigenvalue weighted by Gasteiger charge is -2.11. The second-order valence-electron chi connectivity index (χ2n) is 8.65. The molecule has 2 aromatic heterocycles. The first-order chi connectivity index (χ1) is 16.9. The van der Waals surface area contributed by atoms with Gasteiger partial charge >= 0.3 is 0 Å². The fourth-order valence-corrected chi connectivity index (χ4v) is 4.36. The van der Waals surface area contributed by atoms with Crippen LogP contribution in [0.3, 0.4) is 0 Å². The lowest BCUT2D eigenvalue weighted by molar-refractivity contribution is -0.116. The number of Topliss-reactive ketones (excluding diaryl/α,β-unsaturated/α-hetero) is 1. The summed E-state index contributed by atoms with van der Waals surface area (Å²) in [5.41, 5.74) is 4.22. The first-order valence-corrected chi connectivity index (χ1v) is 12.4. The Morgan fingerprint density at radius 1 is 0.943 bits per heavy atom. The predicted octanol–water partition coefficient (Wildman–Crippen LogP) is 5.60. The number of carbonyl (C=O) groups excluding carboxylic acids is 2. The molecule has 7 nitrogen and oxygen atoms in total. The molecule has 0 aliphatic heterocycles. The van der Waals surface area contributed by atoms with Crippen LogP contribution >= 0.6 is 11.8 Å². The molecule has 0 bridgehead atoms. The molecule has 0 unspecified atom stereocenters. The van der Waals surface area contributed by atoms with Crippen molar-refractivity contribution in [2.24, 2.45) is 5.92 Å². The highest BCUT2D eigenvalue weighted by molar-refractivity contribution is 7.99. The minimum Gasteiger partial charge on any atom is -0.326 e. The number of thioether (sulfide) groups is 1. The van der Waals surface area contributed by atoms with Crippen molar-refractivity contribution in [2.45, 2.75) is 32.3 Å². The Hall–Kier alpha value is -3.78. The van der Waals surface area contributed by atoms with Crippen LogP contribution in [-0.2, 0) is 4.79 Å². The largest absolute Gasteiger partial charge is 0.326 e. The molecule has 0 saturated carbocycles. The van der Waals surface area contributed by atoms with Gasteiger partial charge in [0, 0.05) is 41.3 Å². The molecule has 4 aromatic rings. The van der Waals surface area contributed by atoms with E-state index in [1.54, 1.807) is 36.7 Å². The summed E-state index contributed by atoms with van der Waals surface area (Å²) in [6, 6.07) is 18.9. The van der Waals surface area contributed by atoms with Gasteiger partial charge in [-0.2, -0.15) is 0 Å². The Balaban J connectivity index is 1.50. The van der Waals surface area contributed by atoms with E-state index in [0.29, 0.717) is 28.7 Å². The number of hydrogen-bond acceptors (Lipinski definition) is 6. The number of nitrogens with zero attached hydrogens (tertiary/aromatic N) is 4. The highest BCUT2D eigenvalue weighted by Crippen LogP contribution is 2.28. The highest BCUT2D eigenvalue weighted by Gasteiger charge is 2.18.